The monoisotopic (exact) mass is 1230 g/mol. The molecule has 0 amide bonds. The summed E-state index contributed by atoms with van der Waals surface area (Å²) < 4.78 is 25.4. The van der Waals surface area contributed by atoms with Gasteiger partial charge in [0.1, 0.15) is 18.8 Å². The van der Waals surface area contributed by atoms with Gasteiger partial charge in [0.2, 0.25) is 0 Å². The van der Waals surface area contributed by atoms with Gasteiger partial charge in [-0.3, -0.25) is 4.79 Å². The minimum Gasteiger partial charge on any atom is -0.550 e. The third-order valence-corrected chi connectivity index (χ3v) is 16.6. The topological polar surface area (TPSA) is 326 Å². The number of carbonyl (C=O) groups excluding carboxylic acids is 2. The summed E-state index contributed by atoms with van der Waals surface area (Å²) in [5, 5.41) is 120. The first-order chi connectivity index (χ1) is 41.5. The molecule has 12 N–H and O–H groups in total. The molecule has 4 rings (SSSR count). The number of nitrogens with two attached hydrogens (primary N) is 1. The lowest BCUT2D eigenvalue weighted by molar-refractivity contribution is -0.697. The van der Waals surface area contributed by atoms with Crippen LogP contribution >= 0.6 is 0 Å². The van der Waals surface area contributed by atoms with Crippen LogP contribution in [0, 0.1) is 17.8 Å². The molecule has 494 valence electrons. The van der Waals surface area contributed by atoms with Crippen molar-refractivity contribution in [1.29, 1.82) is 0 Å². The van der Waals surface area contributed by atoms with Crippen molar-refractivity contribution in [3.05, 3.63) is 116 Å². The second-order valence-corrected chi connectivity index (χ2v) is 24.3. The minimum atomic E-state index is -2.35. The fourth-order valence-electron chi connectivity index (χ4n) is 11.0. The number of aliphatic carboxylic acids is 1. The van der Waals surface area contributed by atoms with Crippen LogP contribution in [0.2, 0.25) is 0 Å². The van der Waals surface area contributed by atoms with Crippen molar-refractivity contribution in [2.45, 2.75) is 280 Å². The number of pyridine rings is 1. The standard InChI is InChI=1S/C47H73NO17.C21H38N/c1-27-17-15-13-11-9-7-5-6-8-10-12-14-16-18-34(64-46-44(58)41(48)43(57)30(4)63-46)24-38-40(45(59)60)37(54)26-47(61,65-38)25-33(51)22-36(53)35(52)20-19-31(49)21-32(50)23-39(55)62-29(3)28(2)42(27)56;1-2-3-4-5-6-7-8-9-10-11-12-13-14-16-19-22-20-17-15-18-21-22/h5-18,27-38,40-44,46,49-54,56-58,61H,19-26,48H2,1-4H3,(H,59,60);15,17-18,20-21H,2-14,16,19H2,1H3/q;+1/p-1/b6-5+,9-7+,10-8+,13-11+,14-12+,17-15+,18-16+;/t27-,28-,29-,30+,31+,32+,33-,34-,35+,36+,37-,38-,40+,41-,42+,43+,44-,46-,47+;/m0./s1. The Balaban J connectivity index is 0.000000753. The lowest BCUT2D eigenvalue weighted by Crippen LogP contribution is -2.62. The molecule has 19 nitrogen and oxygen atoms in total. The molecular formula is C68H110N2O17. The number of ether oxygens (including phenoxy) is 4. The predicted molar refractivity (Wildman–Crippen MR) is 331 cm³/mol. The molecule has 0 aliphatic carbocycles. The SMILES string of the molecule is CCCCCCCCCCCCCCCC[n+]1ccccc1.C[C@@H]1[C@H](O)[C@@H](C)/C=C/C=C/C=C/C=C/C=C/C=C/C=C/[C@H](O[C@@H]2O[C@H](C)[C@@H](O)[C@H](N)[C@@H]2O)C[C@@H]2O[C@](O)(C[C@@H](O)C[C@@H](O)[C@H](O)CC[C@@H](O)C[C@@H](O)CC(=O)O[C@H]1C)C[C@H](O)[C@H]2C(=O)[O-]. The highest BCUT2D eigenvalue weighted by atomic mass is 16.7. The van der Waals surface area contributed by atoms with Crippen LogP contribution in [0.5, 0.6) is 0 Å². The van der Waals surface area contributed by atoms with Crippen LogP contribution in [-0.2, 0) is 35.1 Å². The Morgan fingerprint density at radius 1 is 0.609 bits per heavy atom. The average molecular weight is 1230 g/mol. The number of carbonyl (C=O) groups is 2. The smallest absolute Gasteiger partial charge is 0.308 e. The van der Waals surface area contributed by atoms with Crippen molar-refractivity contribution in [2.24, 2.45) is 23.5 Å². The van der Waals surface area contributed by atoms with Gasteiger partial charge < -0.3 is 85.6 Å². The number of aryl methyl sites for hydroxylation is 1. The summed E-state index contributed by atoms with van der Waals surface area (Å²) >= 11 is 0. The van der Waals surface area contributed by atoms with Gasteiger partial charge in [-0.05, 0) is 39.5 Å². The lowest BCUT2D eigenvalue weighted by Gasteiger charge is -2.46. The van der Waals surface area contributed by atoms with Crippen LogP contribution in [0.1, 0.15) is 176 Å². The Morgan fingerprint density at radius 3 is 1.69 bits per heavy atom. The van der Waals surface area contributed by atoms with Gasteiger partial charge in [-0.2, -0.15) is 0 Å². The maximum Gasteiger partial charge on any atom is 0.308 e. The molecule has 2 bridgehead atoms. The number of aliphatic hydroxyl groups excluding tert-OH is 9. The normalized spacial score (nSPS) is 36.8. The first-order valence-electron chi connectivity index (χ1n) is 32.2. The molecule has 87 heavy (non-hydrogen) atoms. The van der Waals surface area contributed by atoms with Crippen molar-refractivity contribution in [3.8, 4) is 0 Å². The number of carboxylic acid groups (broad SMARTS) is 1. The van der Waals surface area contributed by atoms with Gasteiger partial charge in [-0.1, -0.05) is 189 Å². The molecule has 3 aliphatic heterocycles. The van der Waals surface area contributed by atoms with E-state index < -0.39 is 147 Å². The summed E-state index contributed by atoms with van der Waals surface area (Å²) in [6.45, 7) is 10.2. The molecule has 4 heterocycles. The maximum atomic E-state index is 12.6. The second kappa shape index (κ2) is 43.4. The maximum absolute atomic E-state index is 12.6. The number of hydrogen-bond acceptors (Lipinski definition) is 18. The van der Waals surface area contributed by atoms with Crippen molar-refractivity contribution < 1.29 is 89.3 Å². The summed E-state index contributed by atoms with van der Waals surface area (Å²) in [4.78, 5) is 25.0. The van der Waals surface area contributed by atoms with Crippen molar-refractivity contribution >= 4 is 11.9 Å². The molecule has 19 heteroatoms. The Labute approximate surface area is 518 Å². The summed E-state index contributed by atoms with van der Waals surface area (Å²) in [6.07, 6.45) is 27.4. The second-order valence-electron chi connectivity index (χ2n) is 24.3. The quantitative estimate of drug-likeness (QED) is 0.0468. The zero-order valence-electron chi connectivity index (χ0n) is 52.5. The Morgan fingerprint density at radius 2 is 1.14 bits per heavy atom. The molecule has 0 aromatic carbocycles. The van der Waals surface area contributed by atoms with Gasteiger partial charge in [0, 0.05) is 62.0 Å². The van der Waals surface area contributed by atoms with E-state index in [0.29, 0.717) is 0 Å². The van der Waals surface area contributed by atoms with Gasteiger partial charge in [0.05, 0.1) is 85.5 Å². The van der Waals surface area contributed by atoms with Crippen molar-refractivity contribution in [1.82, 2.24) is 0 Å². The molecule has 0 unspecified atom stereocenters. The summed E-state index contributed by atoms with van der Waals surface area (Å²) in [6, 6.07) is 5.16. The molecule has 0 radical (unpaired) electrons. The third-order valence-electron chi connectivity index (χ3n) is 16.6. The molecular weight excluding hydrogens is 1120 g/mol. The molecule has 0 saturated carbocycles. The highest BCUT2D eigenvalue weighted by Crippen LogP contribution is 2.38. The highest BCUT2D eigenvalue weighted by molar-refractivity contribution is 5.70. The zero-order chi connectivity index (χ0) is 64.2. The average Bonchev–Trinajstić information content (AvgIpc) is 1.96. The molecule has 19 atom stereocenters. The van der Waals surface area contributed by atoms with Crippen LogP contribution in [-0.4, -0.2) is 160 Å². The van der Waals surface area contributed by atoms with Crippen LogP contribution in [0.4, 0.5) is 0 Å². The molecule has 1 aromatic rings. The number of unbranched alkanes of at least 4 members (excludes halogenated alkanes) is 13. The van der Waals surface area contributed by atoms with Gasteiger partial charge in [-0.25, -0.2) is 4.57 Å². The molecule has 1 aromatic heterocycles. The van der Waals surface area contributed by atoms with Crippen molar-refractivity contribution in [2.75, 3.05) is 0 Å². The van der Waals surface area contributed by atoms with Gasteiger partial charge >= 0.3 is 5.97 Å². The van der Waals surface area contributed by atoms with E-state index in [-0.39, 0.29) is 31.6 Å². The third kappa shape index (κ3) is 31.3. The fourth-order valence-corrected chi connectivity index (χ4v) is 11.0. The van der Waals surface area contributed by atoms with Gasteiger partial charge in [-0.15, -0.1) is 0 Å². The van der Waals surface area contributed by atoms with Crippen LogP contribution < -0.4 is 15.4 Å². The van der Waals surface area contributed by atoms with Gasteiger partial charge in [0.25, 0.3) is 0 Å². The number of aromatic nitrogens is 1. The highest BCUT2D eigenvalue weighted by Gasteiger charge is 2.49. The van der Waals surface area contributed by atoms with E-state index in [0.717, 1.165) is 0 Å². The number of rotatable bonds is 18. The van der Waals surface area contributed by atoms with E-state index in [1.165, 1.54) is 109 Å². The number of allylic oxidation sites excluding steroid dienone is 12. The van der Waals surface area contributed by atoms with E-state index in [2.05, 4.69) is 42.1 Å². The number of nitrogens with zero attached hydrogens (tertiary/aromatic N) is 1. The molecule has 2 fully saturated rings. The van der Waals surface area contributed by atoms with E-state index in [4.69, 9.17) is 24.7 Å². The van der Waals surface area contributed by atoms with Crippen molar-refractivity contribution in [3.63, 3.8) is 0 Å². The number of carboxylic acids is 1. The molecule has 2 saturated heterocycles. The van der Waals surface area contributed by atoms with Crippen LogP contribution in [0.15, 0.2) is 116 Å². The number of esters is 1. The predicted octanol–water partition coefficient (Wildman–Crippen LogP) is 5.83. The molecule has 3 aliphatic rings. The van der Waals surface area contributed by atoms with E-state index >= 15 is 0 Å². The minimum absolute atomic E-state index is 0.113. The first kappa shape index (κ1) is 77.0. The summed E-state index contributed by atoms with van der Waals surface area (Å²) in [5.74, 6) is -7.22. The van der Waals surface area contributed by atoms with E-state index in [1.807, 2.05) is 13.0 Å². The van der Waals surface area contributed by atoms with Gasteiger partial charge in [0.15, 0.2) is 24.5 Å². The Kier molecular flexibility index (Phi) is 38.4. The number of cyclic esters (lactones) is 1. The van der Waals surface area contributed by atoms with E-state index in [9.17, 15) is 65.8 Å². The van der Waals surface area contributed by atoms with Crippen LogP contribution in [0.25, 0.3) is 0 Å². The number of fused-ring (bicyclic) bond motifs is 2. The largest absolute Gasteiger partial charge is 0.550 e. The zero-order valence-corrected chi connectivity index (χ0v) is 52.5. The lowest BCUT2D eigenvalue weighted by atomic mass is 9.82. The molecule has 0 spiro atoms. The Hall–Kier alpha value is -4.29. The van der Waals surface area contributed by atoms with E-state index in [1.54, 1.807) is 86.8 Å². The Bertz CT molecular complexity index is 2230. The summed E-state index contributed by atoms with van der Waals surface area (Å²) in [7, 11) is 0. The number of aliphatic hydroxyl groups is 10. The number of hydrogen-bond donors (Lipinski definition) is 11. The fraction of sp³-hybridized carbons (Fsp3) is 0.691. The first-order valence-corrected chi connectivity index (χ1v) is 32.2. The summed E-state index contributed by atoms with van der Waals surface area (Å²) in [5.41, 5.74) is 6.01. The van der Waals surface area contributed by atoms with Crippen LogP contribution in [0.3, 0.4) is 0 Å².